The highest BCUT2D eigenvalue weighted by molar-refractivity contribution is 14.0. The number of rotatable bonds is 9. The first-order valence-electron chi connectivity index (χ1n) is 11.4. The van der Waals surface area contributed by atoms with Crippen LogP contribution in [-0.4, -0.2) is 50.1 Å². The third-order valence-corrected chi connectivity index (χ3v) is 5.46. The number of primary amides is 1. The quantitative estimate of drug-likeness (QED) is 0.275. The first-order chi connectivity index (χ1) is 15.5. The summed E-state index contributed by atoms with van der Waals surface area (Å²) in [5.74, 6) is 0.966. The van der Waals surface area contributed by atoms with Gasteiger partial charge in [-0.1, -0.05) is 24.3 Å². The average Bonchev–Trinajstić information content (AvgIpc) is 2.81. The molecule has 3 rings (SSSR count). The van der Waals surface area contributed by atoms with Crippen molar-refractivity contribution in [2.45, 2.75) is 39.3 Å². The molecular weight excluding hydrogens is 529 g/mol. The maximum atomic E-state index is 10.9. The van der Waals surface area contributed by atoms with Crippen LogP contribution in [0.3, 0.4) is 0 Å². The van der Waals surface area contributed by atoms with Crippen molar-refractivity contribution in [1.29, 1.82) is 0 Å². The predicted octanol–water partition coefficient (Wildman–Crippen LogP) is 3.76. The summed E-state index contributed by atoms with van der Waals surface area (Å²) >= 11 is 0. The summed E-state index contributed by atoms with van der Waals surface area (Å²) in [6, 6.07) is 16.5. The molecule has 2 aromatic rings. The highest BCUT2D eigenvalue weighted by Gasteiger charge is 2.12. The summed E-state index contributed by atoms with van der Waals surface area (Å²) in [6.07, 6.45) is 3.91. The summed E-state index contributed by atoms with van der Waals surface area (Å²) in [7, 11) is 2.05. The van der Waals surface area contributed by atoms with E-state index in [1.165, 1.54) is 30.5 Å². The van der Waals surface area contributed by atoms with Gasteiger partial charge in [0.15, 0.2) is 12.6 Å². The number of nitrogens with one attached hydrogen (secondary N) is 1. The Labute approximate surface area is 214 Å². The summed E-state index contributed by atoms with van der Waals surface area (Å²) < 4.78 is 5.39. The van der Waals surface area contributed by atoms with E-state index in [1.807, 2.05) is 25.2 Å². The van der Waals surface area contributed by atoms with Crippen LogP contribution in [0.5, 0.6) is 5.75 Å². The zero-order chi connectivity index (χ0) is 22.8. The first kappa shape index (κ1) is 26.8. The van der Waals surface area contributed by atoms with E-state index in [4.69, 9.17) is 15.5 Å². The fourth-order valence-electron chi connectivity index (χ4n) is 3.84. The van der Waals surface area contributed by atoms with E-state index in [-0.39, 0.29) is 30.6 Å². The molecule has 8 heteroatoms. The summed E-state index contributed by atoms with van der Waals surface area (Å²) in [5.41, 5.74) is 8.72. The van der Waals surface area contributed by atoms with Crippen molar-refractivity contribution in [3.63, 3.8) is 0 Å². The monoisotopic (exact) mass is 565 g/mol. The van der Waals surface area contributed by atoms with Crippen molar-refractivity contribution >= 4 is 41.5 Å². The van der Waals surface area contributed by atoms with Crippen LogP contribution in [0, 0.1) is 0 Å². The SMILES string of the molecule is CCNC(=NCc1cccc(OCC(N)=O)c1)N(C)Cc1ccc(N2CCCCC2)cc1.I. The summed E-state index contributed by atoms with van der Waals surface area (Å²) in [5, 5.41) is 3.37. The van der Waals surface area contributed by atoms with Crippen LogP contribution in [0.2, 0.25) is 0 Å². The molecule has 0 aliphatic carbocycles. The highest BCUT2D eigenvalue weighted by Crippen LogP contribution is 2.20. The fourth-order valence-corrected chi connectivity index (χ4v) is 3.84. The zero-order valence-electron chi connectivity index (χ0n) is 19.6. The summed E-state index contributed by atoms with van der Waals surface area (Å²) in [6.45, 7) is 6.32. The minimum absolute atomic E-state index is 0. The number of ether oxygens (including phenoxy) is 1. The highest BCUT2D eigenvalue weighted by atomic mass is 127. The van der Waals surface area contributed by atoms with E-state index >= 15 is 0 Å². The van der Waals surface area contributed by atoms with Crippen molar-refractivity contribution in [3.05, 3.63) is 59.7 Å². The smallest absolute Gasteiger partial charge is 0.255 e. The molecule has 1 fully saturated rings. The maximum Gasteiger partial charge on any atom is 0.255 e. The van der Waals surface area contributed by atoms with Gasteiger partial charge < -0.3 is 25.6 Å². The zero-order valence-corrected chi connectivity index (χ0v) is 22.0. The first-order valence-corrected chi connectivity index (χ1v) is 11.4. The molecular formula is C25H36IN5O2. The van der Waals surface area contributed by atoms with Crippen LogP contribution in [-0.2, 0) is 17.9 Å². The van der Waals surface area contributed by atoms with E-state index in [2.05, 4.69) is 46.3 Å². The molecule has 0 atom stereocenters. The number of aliphatic imine (C=N–C) groups is 1. The fraction of sp³-hybridized carbons (Fsp3) is 0.440. The van der Waals surface area contributed by atoms with E-state index in [0.717, 1.165) is 37.7 Å². The number of nitrogens with two attached hydrogens (primary N) is 1. The van der Waals surface area contributed by atoms with Gasteiger partial charge in [-0.15, -0.1) is 24.0 Å². The number of piperidine rings is 1. The summed E-state index contributed by atoms with van der Waals surface area (Å²) in [4.78, 5) is 20.3. The van der Waals surface area contributed by atoms with Crippen molar-refractivity contribution in [2.75, 3.05) is 38.2 Å². The van der Waals surface area contributed by atoms with E-state index < -0.39 is 5.91 Å². The Morgan fingerprint density at radius 3 is 2.52 bits per heavy atom. The Morgan fingerprint density at radius 1 is 1.12 bits per heavy atom. The Kier molecular flexibility index (Phi) is 11.3. The van der Waals surface area contributed by atoms with Gasteiger partial charge >= 0.3 is 0 Å². The molecule has 7 nitrogen and oxygen atoms in total. The van der Waals surface area contributed by atoms with Crippen LogP contribution in [0.1, 0.15) is 37.3 Å². The molecule has 180 valence electrons. The van der Waals surface area contributed by atoms with Gasteiger partial charge in [-0.05, 0) is 61.6 Å². The maximum absolute atomic E-state index is 10.9. The van der Waals surface area contributed by atoms with Crippen molar-refractivity contribution in [3.8, 4) is 5.75 Å². The van der Waals surface area contributed by atoms with Crippen LogP contribution in [0.4, 0.5) is 5.69 Å². The van der Waals surface area contributed by atoms with Crippen LogP contribution in [0.25, 0.3) is 0 Å². The number of amides is 1. The van der Waals surface area contributed by atoms with E-state index in [0.29, 0.717) is 12.3 Å². The van der Waals surface area contributed by atoms with E-state index in [1.54, 1.807) is 6.07 Å². The number of hydrogen-bond donors (Lipinski definition) is 2. The van der Waals surface area contributed by atoms with Crippen LogP contribution < -0.4 is 20.7 Å². The second-order valence-electron chi connectivity index (χ2n) is 8.14. The van der Waals surface area contributed by atoms with Gasteiger partial charge in [0.25, 0.3) is 5.91 Å². The van der Waals surface area contributed by atoms with Crippen molar-refractivity contribution in [1.82, 2.24) is 10.2 Å². The predicted molar refractivity (Wildman–Crippen MR) is 145 cm³/mol. The van der Waals surface area contributed by atoms with Crippen LogP contribution in [0.15, 0.2) is 53.5 Å². The largest absolute Gasteiger partial charge is 0.484 e. The van der Waals surface area contributed by atoms with Gasteiger partial charge in [0.05, 0.1) is 6.54 Å². The normalized spacial score (nSPS) is 13.8. The molecule has 1 aliphatic heterocycles. The molecule has 0 aromatic heterocycles. The Hall–Kier alpha value is -2.49. The molecule has 0 unspecified atom stereocenters. The molecule has 0 spiro atoms. The van der Waals surface area contributed by atoms with Crippen molar-refractivity contribution in [2.24, 2.45) is 10.7 Å². The van der Waals surface area contributed by atoms with E-state index in [9.17, 15) is 4.79 Å². The molecule has 1 aliphatic rings. The topological polar surface area (TPSA) is 83.2 Å². The van der Waals surface area contributed by atoms with Gasteiger partial charge in [0.1, 0.15) is 5.75 Å². The lowest BCUT2D eigenvalue weighted by atomic mass is 10.1. The lowest BCUT2D eigenvalue weighted by molar-refractivity contribution is -0.119. The molecule has 0 saturated carbocycles. The molecule has 3 N–H and O–H groups in total. The number of anilines is 1. The lowest BCUT2D eigenvalue weighted by Gasteiger charge is -2.29. The van der Waals surface area contributed by atoms with Crippen molar-refractivity contribution < 1.29 is 9.53 Å². The third-order valence-electron chi connectivity index (χ3n) is 5.46. The average molecular weight is 566 g/mol. The minimum Gasteiger partial charge on any atom is -0.484 e. The van der Waals surface area contributed by atoms with Gasteiger partial charge in [0.2, 0.25) is 0 Å². The molecule has 1 heterocycles. The van der Waals surface area contributed by atoms with Gasteiger partial charge in [-0.3, -0.25) is 4.79 Å². The molecule has 2 aromatic carbocycles. The van der Waals surface area contributed by atoms with Crippen LogP contribution >= 0.6 is 24.0 Å². The molecule has 1 amide bonds. The van der Waals surface area contributed by atoms with Gasteiger partial charge in [-0.2, -0.15) is 0 Å². The van der Waals surface area contributed by atoms with Gasteiger partial charge in [0, 0.05) is 38.9 Å². The number of carbonyl (C=O) groups excluding carboxylic acids is 1. The standard InChI is InChI=1S/C25H35N5O2.HI/c1-3-27-25(28-17-21-8-7-9-23(16-21)32-19-24(26)31)29(2)18-20-10-12-22(13-11-20)30-14-5-4-6-15-30;/h7-13,16H,3-6,14-15,17-19H2,1-2H3,(H2,26,31)(H,27,28);1H. The number of hydrogen-bond acceptors (Lipinski definition) is 4. The Bertz CT molecular complexity index is 898. The molecule has 1 saturated heterocycles. The number of halogens is 1. The minimum atomic E-state index is -0.492. The molecule has 0 radical (unpaired) electrons. The number of carbonyl (C=O) groups is 1. The van der Waals surface area contributed by atoms with Gasteiger partial charge in [-0.25, -0.2) is 4.99 Å². The second kappa shape index (κ2) is 13.9. The number of guanidine groups is 1. The lowest BCUT2D eigenvalue weighted by Crippen LogP contribution is -2.38. The molecule has 33 heavy (non-hydrogen) atoms. The number of benzene rings is 2. The Morgan fingerprint density at radius 2 is 1.85 bits per heavy atom. The molecule has 0 bridgehead atoms. The Balaban J connectivity index is 0.00000385. The number of nitrogens with zero attached hydrogens (tertiary/aromatic N) is 3. The third kappa shape index (κ3) is 8.75. The second-order valence-corrected chi connectivity index (χ2v) is 8.14.